The van der Waals surface area contributed by atoms with Crippen molar-refractivity contribution in [1.82, 2.24) is 4.90 Å². The van der Waals surface area contributed by atoms with E-state index in [0.717, 1.165) is 38.8 Å². The second-order valence-corrected chi connectivity index (χ2v) is 7.25. The predicted octanol–water partition coefficient (Wildman–Crippen LogP) is 4.02. The number of hydrogen-bond donors (Lipinski definition) is 1. The summed E-state index contributed by atoms with van der Waals surface area (Å²) < 4.78 is 5.59. The summed E-state index contributed by atoms with van der Waals surface area (Å²) in [5.74, 6) is -0.154. The Balaban J connectivity index is 1.67. The maximum absolute atomic E-state index is 13.0. The molecule has 30 heavy (non-hydrogen) atoms. The van der Waals surface area contributed by atoms with Gasteiger partial charge in [-0.2, -0.15) is 0 Å². The van der Waals surface area contributed by atoms with Gasteiger partial charge in [-0.05, 0) is 44.0 Å². The summed E-state index contributed by atoms with van der Waals surface area (Å²) in [5.41, 5.74) is 0.839. The quantitative estimate of drug-likeness (QED) is 0.571. The van der Waals surface area contributed by atoms with Crippen molar-refractivity contribution in [3.8, 4) is 5.75 Å². The second kappa shape index (κ2) is 9.87. The van der Waals surface area contributed by atoms with E-state index >= 15 is 0 Å². The molecule has 8 heteroatoms. The number of non-ortho nitro benzene ring substituents is 1. The Kier molecular flexibility index (Phi) is 7.00. The third kappa shape index (κ3) is 5.34. The Labute approximate surface area is 175 Å². The molecule has 0 unspecified atom stereocenters. The highest BCUT2D eigenvalue weighted by Gasteiger charge is 2.22. The predicted molar refractivity (Wildman–Crippen MR) is 113 cm³/mol. The van der Waals surface area contributed by atoms with Gasteiger partial charge in [-0.25, -0.2) is 0 Å². The first-order valence-electron chi connectivity index (χ1n) is 10.1. The molecule has 1 fully saturated rings. The van der Waals surface area contributed by atoms with E-state index in [2.05, 4.69) is 5.32 Å². The van der Waals surface area contributed by atoms with E-state index < -0.39 is 16.9 Å². The van der Waals surface area contributed by atoms with Gasteiger partial charge in [-0.3, -0.25) is 19.7 Å². The Morgan fingerprint density at radius 2 is 1.67 bits per heavy atom. The highest BCUT2D eigenvalue weighted by atomic mass is 16.6. The van der Waals surface area contributed by atoms with Crippen LogP contribution in [0, 0.1) is 10.1 Å². The van der Waals surface area contributed by atoms with Gasteiger partial charge in [0.1, 0.15) is 5.75 Å². The molecule has 0 aromatic heterocycles. The molecular weight excluding hydrogens is 386 g/mol. The molecule has 0 saturated carbocycles. The summed E-state index contributed by atoms with van der Waals surface area (Å²) in [6.07, 6.45) is 3.37. The Hall–Kier alpha value is -3.42. The number of nitrogens with one attached hydrogen (secondary N) is 1. The third-order valence-electron chi connectivity index (χ3n) is 5.04. The van der Waals surface area contributed by atoms with Crippen molar-refractivity contribution in [2.75, 3.05) is 18.4 Å². The highest BCUT2D eigenvalue weighted by molar-refractivity contribution is 6.04. The minimum absolute atomic E-state index is 0.0552. The molecule has 158 valence electrons. The first kappa shape index (κ1) is 21.3. The zero-order valence-corrected chi connectivity index (χ0v) is 16.9. The summed E-state index contributed by atoms with van der Waals surface area (Å²) in [4.78, 5) is 37.7. The van der Waals surface area contributed by atoms with Crippen LogP contribution in [-0.2, 0) is 4.79 Å². The third-order valence-corrected chi connectivity index (χ3v) is 5.04. The summed E-state index contributed by atoms with van der Waals surface area (Å²) in [5, 5.41) is 13.5. The summed E-state index contributed by atoms with van der Waals surface area (Å²) in [6.45, 7) is 3.03. The van der Waals surface area contributed by atoms with Crippen LogP contribution in [0.1, 0.15) is 43.0 Å². The fraction of sp³-hybridized carbons (Fsp3) is 0.364. The molecule has 0 bridgehead atoms. The number of anilines is 1. The van der Waals surface area contributed by atoms with Crippen molar-refractivity contribution in [2.45, 2.75) is 38.7 Å². The molecule has 2 aromatic carbocycles. The number of nitro groups is 1. The number of carbonyl (C=O) groups is 2. The van der Waals surface area contributed by atoms with Gasteiger partial charge in [0.05, 0.1) is 16.2 Å². The molecule has 0 aliphatic carbocycles. The van der Waals surface area contributed by atoms with E-state index in [9.17, 15) is 19.7 Å². The number of amides is 2. The number of carbonyl (C=O) groups excluding carboxylic acids is 2. The molecule has 2 aromatic rings. The van der Waals surface area contributed by atoms with Crippen LogP contribution < -0.4 is 10.1 Å². The SMILES string of the molecule is C[C@@H](Oc1ccc([N+](=O)[O-])cc1)C(=O)Nc1ccccc1C(=O)N1CCCCCC1. The van der Waals surface area contributed by atoms with Crippen LogP contribution in [0.2, 0.25) is 0 Å². The number of nitrogens with zero attached hydrogens (tertiary/aromatic N) is 2. The van der Waals surface area contributed by atoms with Gasteiger partial charge in [0.15, 0.2) is 6.10 Å². The molecule has 3 rings (SSSR count). The van der Waals surface area contributed by atoms with Crippen LogP contribution >= 0.6 is 0 Å². The number of benzene rings is 2. The van der Waals surface area contributed by atoms with Crippen LogP contribution in [0.5, 0.6) is 5.75 Å². The number of likely N-dealkylation sites (tertiary alicyclic amines) is 1. The topological polar surface area (TPSA) is 102 Å². The number of hydrogen-bond acceptors (Lipinski definition) is 5. The van der Waals surface area contributed by atoms with Crippen molar-refractivity contribution in [1.29, 1.82) is 0 Å². The van der Waals surface area contributed by atoms with E-state index in [1.807, 2.05) is 4.90 Å². The Morgan fingerprint density at radius 3 is 2.30 bits per heavy atom. The summed E-state index contributed by atoms with van der Waals surface area (Å²) in [7, 11) is 0. The van der Waals surface area contributed by atoms with Crippen LogP contribution in [-0.4, -0.2) is 40.8 Å². The van der Waals surface area contributed by atoms with E-state index in [-0.39, 0.29) is 11.6 Å². The van der Waals surface area contributed by atoms with Gasteiger partial charge in [0.25, 0.3) is 17.5 Å². The molecule has 1 heterocycles. The monoisotopic (exact) mass is 411 g/mol. The first-order chi connectivity index (χ1) is 14.5. The van der Waals surface area contributed by atoms with E-state index in [0.29, 0.717) is 17.0 Å². The number of para-hydroxylation sites is 1. The first-order valence-corrected chi connectivity index (χ1v) is 10.1. The fourth-order valence-corrected chi connectivity index (χ4v) is 3.36. The van der Waals surface area contributed by atoms with Gasteiger partial charge in [0, 0.05) is 25.2 Å². The molecule has 1 N–H and O–H groups in total. The van der Waals surface area contributed by atoms with Gasteiger partial charge >= 0.3 is 0 Å². The number of rotatable bonds is 6. The van der Waals surface area contributed by atoms with E-state index in [4.69, 9.17) is 4.74 Å². The lowest BCUT2D eigenvalue weighted by molar-refractivity contribution is -0.384. The Bertz CT molecular complexity index is 905. The zero-order chi connectivity index (χ0) is 21.5. The molecule has 1 saturated heterocycles. The smallest absolute Gasteiger partial charge is 0.269 e. The minimum Gasteiger partial charge on any atom is -0.481 e. The van der Waals surface area contributed by atoms with Crippen molar-refractivity contribution in [3.05, 3.63) is 64.2 Å². The number of ether oxygens (including phenoxy) is 1. The fourth-order valence-electron chi connectivity index (χ4n) is 3.36. The molecule has 1 aliphatic heterocycles. The van der Waals surface area contributed by atoms with Crippen molar-refractivity contribution < 1.29 is 19.2 Å². The van der Waals surface area contributed by atoms with Crippen molar-refractivity contribution in [3.63, 3.8) is 0 Å². The standard InChI is InChI=1S/C22H25N3O5/c1-16(30-18-12-10-17(11-13-18)25(28)29)21(26)23-20-9-5-4-8-19(20)22(27)24-14-6-2-3-7-15-24/h4-5,8-13,16H,2-3,6-7,14-15H2,1H3,(H,23,26)/t16-/m1/s1. The molecule has 0 spiro atoms. The molecule has 1 aliphatic rings. The van der Waals surface area contributed by atoms with Gasteiger partial charge in [-0.15, -0.1) is 0 Å². The lowest BCUT2D eigenvalue weighted by atomic mass is 10.1. The lowest BCUT2D eigenvalue weighted by Gasteiger charge is -2.22. The van der Waals surface area contributed by atoms with E-state index in [1.165, 1.54) is 24.3 Å². The minimum atomic E-state index is -0.854. The van der Waals surface area contributed by atoms with Crippen LogP contribution in [0.15, 0.2) is 48.5 Å². The molecular formula is C22H25N3O5. The average Bonchev–Trinajstić information content (AvgIpc) is 3.03. The molecule has 1 atom stereocenters. The van der Waals surface area contributed by atoms with Crippen LogP contribution in [0.3, 0.4) is 0 Å². The maximum atomic E-state index is 13.0. The van der Waals surface area contributed by atoms with Gasteiger partial charge in [0.2, 0.25) is 0 Å². The Morgan fingerprint density at radius 1 is 1.03 bits per heavy atom. The van der Waals surface area contributed by atoms with Crippen molar-refractivity contribution >= 4 is 23.2 Å². The van der Waals surface area contributed by atoms with Crippen LogP contribution in [0.4, 0.5) is 11.4 Å². The summed E-state index contributed by atoms with van der Waals surface area (Å²) >= 11 is 0. The average molecular weight is 411 g/mol. The maximum Gasteiger partial charge on any atom is 0.269 e. The second-order valence-electron chi connectivity index (χ2n) is 7.25. The molecule has 8 nitrogen and oxygen atoms in total. The van der Waals surface area contributed by atoms with Crippen LogP contribution in [0.25, 0.3) is 0 Å². The molecule has 2 amide bonds. The number of nitro benzene ring substituents is 1. The highest BCUT2D eigenvalue weighted by Crippen LogP contribution is 2.22. The van der Waals surface area contributed by atoms with Gasteiger partial charge in [-0.1, -0.05) is 25.0 Å². The molecule has 0 radical (unpaired) electrons. The normalized spacial score (nSPS) is 15.0. The lowest BCUT2D eigenvalue weighted by Crippen LogP contribution is -2.34. The van der Waals surface area contributed by atoms with Crippen molar-refractivity contribution in [2.24, 2.45) is 0 Å². The van der Waals surface area contributed by atoms with E-state index in [1.54, 1.807) is 31.2 Å². The van der Waals surface area contributed by atoms with Gasteiger partial charge < -0.3 is 15.0 Å². The summed E-state index contributed by atoms with van der Waals surface area (Å²) in [6, 6.07) is 12.5. The largest absolute Gasteiger partial charge is 0.481 e. The zero-order valence-electron chi connectivity index (χ0n) is 16.9.